The van der Waals surface area contributed by atoms with Gasteiger partial charge in [0, 0.05) is 24.7 Å². The van der Waals surface area contributed by atoms with Crippen LogP contribution in [0.4, 0.5) is 5.82 Å². The fourth-order valence-corrected chi connectivity index (χ4v) is 4.81. The lowest BCUT2D eigenvalue weighted by Gasteiger charge is -2.33. The maximum Gasteiger partial charge on any atom is 0.304 e. The standard InChI is InChI=1S/C26H35N3O3/c30-25(31)17-22(20-7-2-1-3-8-20)19-32-24-11-6-16-29(18-24)15-5-10-23-13-12-21-9-4-14-27-26(21)28-23/h1-3,7-8,12-13,22,24H,4-6,9-11,14-19H2,(H,27,28)(H,30,31)/t22-,24+/m0/s1. The molecule has 0 amide bonds. The number of pyridine rings is 1. The fraction of sp³-hybridized carbons (Fsp3) is 0.538. The average Bonchev–Trinajstić information content (AvgIpc) is 2.82. The molecule has 0 aliphatic carbocycles. The first-order valence-electron chi connectivity index (χ1n) is 12.0. The lowest BCUT2D eigenvalue weighted by molar-refractivity contribution is -0.138. The lowest BCUT2D eigenvalue weighted by atomic mass is 9.96. The Morgan fingerprint density at radius 2 is 2.09 bits per heavy atom. The second-order valence-electron chi connectivity index (χ2n) is 9.05. The number of rotatable bonds is 10. The number of likely N-dealkylation sites (tertiary alicyclic amines) is 1. The van der Waals surface area contributed by atoms with E-state index in [4.69, 9.17) is 9.72 Å². The van der Waals surface area contributed by atoms with Crippen LogP contribution in [0.5, 0.6) is 0 Å². The number of anilines is 1. The van der Waals surface area contributed by atoms with Gasteiger partial charge in [-0.3, -0.25) is 4.79 Å². The van der Waals surface area contributed by atoms with Gasteiger partial charge in [0.05, 0.1) is 19.1 Å². The van der Waals surface area contributed by atoms with Crippen molar-refractivity contribution in [3.63, 3.8) is 0 Å². The Morgan fingerprint density at radius 1 is 1.22 bits per heavy atom. The molecular weight excluding hydrogens is 402 g/mol. The Hall–Kier alpha value is -2.44. The van der Waals surface area contributed by atoms with Crippen LogP contribution in [0.3, 0.4) is 0 Å². The third-order valence-corrected chi connectivity index (χ3v) is 6.55. The van der Waals surface area contributed by atoms with Crippen molar-refractivity contribution in [2.24, 2.45) is 0 Å². The lowest BCUT2D eigenvalue weighted by Crippen LogP contribution is -2.40. The summed E-state index contributed by atoms with van der Waals surface area (Å²) in [5.41, 5.74) is 3.55. The molecule has 1 fully saturated rings. The molecule has 172 valence electrons. The van der Waals surface area contributed by atoms with Gasteiger partial charge in [0.1, 0.15) is 5.82 Å². The number of hydrogen-bond acceptors (Lipinski definition) is 5. The average molecular weight is 438 g/mol. The summed E-state index contributed by atoms with van der Waals surface area (Å²) in [6.07, 6.45) is 6.84. The number of piperidine rings is 1. The summed E-state index contributed by atoms with van der Waals surface area (Å²) in [5.74, 6) is 0.195. The number of aryl methyl sites for hydroxylation is 2. The van der Waals surface area contributed by atoms with Crippen molar-refractivity contribution in [3.05, 3.63) is 59.3 Å². The largest absolute Gasteiger partial charge is 0.481 e. The number of nitrogens with zero attached hydrogens (tertiary/aromatic N) is 2. The zero-order valence-corrected chi connectivity index (χ0v) is 18.8. The van der Waals surface area contributed by atoms with Gasteiger partial charge in [-0.05, 0) is 68.8 Å². The minimum absolute atomic E-state index is 0.100. The topological polar surface area (TPSA) is 74.7 Å². The second-order valence-corrected chi connectivity index (χ2v) is 9.05. The van der Waals surface area contributed by atoms with Gasteiger partial charge in [-0.1, -0.05) is 36.4 Å². The van der Waals surface area contributed by atoms with E-state index < -0.39 is 5.97 Å². The third kappa shape index (κ3) is 6.53. The fourth-order valence-electron chi connectivity index (χ4n) is 4.81. The van der Waals surface area contributed by atoms with E-state index in [-0.39, 0.29) is 18.4 Å². The van der Waals surface area contributed by atoms with Crippen molar-refractivity contribution in [2.45, 2.75) is 57.0 Å². The summed E-state index contributed by atoms with van der Waals surface area (Å²) < 4.78 is 6.23. The molecule has 32 heavy (non-hydrogen) atoms. The van der Waals surface area contributed by atoms with E-state index in [1.165, 1.54) is 17.7 Å². The van der Waals surface area contributed by atoms with Gasteiger partial charge in [-0.2, -0.15) is 0 Å². The minimum Gasteiger partial charge on any atom is -0.481 e. The summed E-state index contributed by atoms with van der Waals surface area (Å²) in [6.45, 7) is 4.56. The van der Waals surface area contributed by atoms with Crippen molar-refractivity contribution in [2.75, 3.05) is 38.1 Å². The maximum absolute atomic E-state index is 11.3. The van der Waals surface area contributed by atoms with Crippen molar-refractivity contribution < 1.29 is 14.6 Å². The summed E-state index contributed by atoms with van der Waals surface area (Å²) in [7, 11) is 0. The third-order valence-electron chi connectivity index (χ3n) is 6.55. The first-order chi connectivity index (χ1) is 15.7. The van der Waals surface area contributed by atoms with E-state index in [0.717, 1.165) is 69.7 Å². The highest BCUT2D eigenvalue weighted by molar-refractivity contribution is 5.68. The van der Waals surface area contributed by atoms with E-state index in [1.807, 2.05) is 30.3 Å². The number of hydrogen-bond donors (Lipinski definition) is 2. The molecule has 1 aromatic heterocycles. The molecule has 0 saturated carbocycles. The number of carboxylic acids is 1. The Balaban J connectivity index is 1.23. The number of aromatic nitrogens is 1. The number of carbonyl (C=O) groups is 1. The predicted molar refractivity (Wildman–Crippen MR) is 126 cm³/mol. The number of fused-ring (bicyclic) bond motifs is 1. The number of nitrogens with one attached hydrogen (secondary N) is 1. The summed E-state index contributed by atoms with van der Waals surface area (Å²) in [4.78, 5) is 18.6. The van der Waals surface area contributed by atoms with Gasteiger partial charge in [-0.15, -0.1) is 0 Å². The first kappa shape index (κ1) is 22.7. The van der Waals surface area contributed by atoms with Crippen LogP contribution >= 0.6 is 0 Å². The Labute approximate surface area is 191 Å². The molecule has 2 N–H and O–H groups in total. The van der Waals surface area contributed by atoms with Gasteiger partial charge in [0.2, 0.25) is 0 Å². The monoisotopic (exact) mass is 437 g/mol. The number of benzene rings is 1. The molecule has 0 spiro atoms. The molecule has 2 atom stereocenters. The zero-order chi connectivity index (χ0) is 22.2. The van der Waals surface area contributed by atoms with Crippen molar-refractivity contribution in [1.29, 1.82) is 0 Å². The molecule has 1 saturated heterocycles. The molecule has 0 unspecified atom stereocenters. The maximum atomic E-state index is 11.3. The van der Waals surface area contributed by atoms with E-state index in [1.54, 1.807) is 0 Å². The Morgan fingerprint density at radius 3 is 2.94 bits per heavy atom. The quantitative estimate of drug-likeness (QED) is 0.583. The molecule has 6 nitrogen and oxygen atoms in total. The second kappa shape index (κ2) is 11.4. The van der Waals surface area contributed by atoms with Crippen molar-refractivity contribution in [1.82, 2.24) is 9.88 Å². The highest BCUT2D eigenvalue weighted by atomic mass is 16.5. The molecule has 3 heterocycles. The smallest absolute Gasteiger partial charge is 0.304 e. The van der Waals surface area contributed by atoms with Crippen LogP contribution in [-0.2, 0) is 22.4 Å². The van der Waals surface area contributed by atoms with Crippen molar-refractivity contribution in [3.8, 4) is 0 Å². The summed E-state index contributed by atoms with van der Waals surface area (Å²) >= 11 is 0. The molecular formula is C26H35N3O3. The molecule has 6 heteroatoms. The number of ether oxygens (including phenoxy) is 1. The Bertz CT molecular complexity index is 874. The minimum atomic E-state index is -0.779. The SMILES string of the molecule is O=C(O)C[C@@H](CO[C@@H]1CCCN(CCCc2ccc3c(n2)NCCC3)C1)c1ccccc1. The molecule has 0 bridgehead atoms. The number of carboxylic acid groups (broad SMARTS) is 1. The molecule has 1 aromatic carbocycles. The zero-order valence-electron chi connectivity index (χ0n) is 18.8. The van der Waals surface area contributed by atoms with E-state index in [2.05, 4.69) is 22.3 Å². The summed E-state index contributed by atoms with van der Waals surface area (Å²) in [6, 6.07) is 14.3. The highest BCUT2D eigenvalue weighted by Gasteiger charge is 2.23. The van der Waals surface area contributed by atoms with E-state index in [0.29, 0.717) is 6.61 Å². The number of aliphatic carboxylic acids is 1. The van der Waals surface area contributed by atoms with Crippen molar-refractivity contribution >= 4 is 11.8 Å². The molecule has 2 aliphatic heterocycles. The van der Waals surface area contributed by atoms with Crippen LogP contribution in [0, 0.1) is 0 Å². The summed E-state index contributed by atoms with van der Waals surface area (Å²) in [5, 5.41) is 12.7. The van der Waals surface area contributed by atoms with E-state index >= 15 is 0 Å². The molecule has 4 rings (SSSR count). The molecule has 2 aromatic rings. The van der Waals surface area contributed by atoms with Crippen LogP contribution < -0.4 is 5.32 Å². The van der Waals surface area contributed by atoms with Gasteiger partial charge in [-0.25, -0.2) is 4.98 Å². The van der Waals surface area contributed by atoms with Gasteiger partial charge in [0.15, 0.2) is 0 Å². The van der Waals surface area contributed by atoms with Gasteiger partial charge >= 0.3 is 5.97 Å². The normalized spacial score (nSPS) is 19.7. The molecule has 0 radical (unpaired) electrons. The highest BCUT2D eigenvalue weighted by Crippen LogP contribution is 2.23. The molecule has 2 aliphatic rings. The van der Waals surface area contributed by atoms with Gasteiger partial charge < -0.3 is 20.1 Å². The van der Waals surface area contributed by atoms with Crippen LogP contribution in [0.15, 0.2) is 42.5 Å². The van der Waals surface area contributed by atoms with Crippen LogP contribution in [-0.4, -0.2) is 59.8 Å². The van der Waals surface area contributed by atoms with E-state index in [9.17, 15) is 9.90 Å². The Kier molecular flexibility index (Phi) is 8.13. The predicted octanol–water partition coefficient (Wildman–Crippen LogP) is 4.11. The van der Waals surface area contributed by atoms with Gasteiger partial charge in [0.25, 0.3) is 0 Å². The first-order valence-corrected chi connectivity index (χ1v) is 12.0. The van der Waals surface area contributed by atoms with Crippen LogP contribution in [0.25, 0.3) is 0 Å². The van der Waals surface area contributed by atoms with Crippen LogP contribution in [0.1, 0.15) is 54.8 Å². The van der Waals surface area contributed by atoms with Crippen LogP contribution in [0.2, 0.25) is 0 Å².